The Morgan fingerprint density at radius 1 is 1.53 bits per heavy atom. The largest absolute Gasteiger partial charge is 0.469 e. The van der Waals surface area contributed by atoms with Crippen LogP contribution in [0.1, 0.15) is 24.5 Å². The van der Waals surface area contributed by atoms with E-state index in [2.05, 4.69) is 0 Å². The van der Waals surface area contributed by atoms with Gasteiger partial charge in [0.15, 0.2) is 0 Å². The van der Waals surface area contributed by atoms with Gasteiger partial charge in [0, 0.05) is 10.8 Å². The fraction of sp³-hybridized carbons (Fsp3) is 0.545. The molecule has 0 unspecified atom stereocenters. The van der Waals surface area contributed by atoms with E-state index in [0.29, 0.717) is 12.2 Å². The van der Waals surface area contributed by atoms with Gasteiger partial charge >= 0.3 is 0 Å². The topological polar surface area (TPSA) is 93.6 Å². The first kappa shape index (κ1) is 11.8. The van der Waals surface area contributed by atoms with Crippen molar-refractivity contribution in [1.29, 1.82) is 0 Å². The molecule has 4 atom stereocenters. The number of aliphatic hydroxyl groups is 1. The number of nitro groups is 1. The first-order chi connectivity index (χ1) is 8.15. The molecule has 6 nitrogen and oxygen atoms in total. The lowest BCUT2D eigenvalue weighted by Gasteiger charge is -2.32. The Hall–Kier alpha value is -1.69. The standard InChI is InChI=1S/C11H13NO5/c13-6-7-3-4-8(14)11(12(15)16)10(7)9-2-1-5-17-9/h1-2,5-8,10-11,14H,3-4H2/t7-,8+,10-,11+/m0/s1. The first-order valence-corrected chi connectivity index (χ1v) is 5.45. The lowest BCUT2D eigenvalue weighted by molar-refractivity contribution is -0.543. The van der Waals surface area contributed by atoms with Gasteiger partial charge in [0.05, 0.1) is 12.2 Å². The molecule has 0 saturated heterocycles. The zero-order valence-corrected chi connectivity index (χ0v) is 9.06. The van der Waals surface area contributed by atoms with E-state index >= 15 is 0 Å². The highest BCUT2D eigenvalue weighted by atomic mass is 16.6. The summed E-state index contributed by atoms with van der Waals surface area (Å²) in [5, 5.41) is 20.7. The molecule has 17 heavy (non-hydrogen) atoms. The quantitative estimate of drug-likeness (QED) is 0.482. The number of aliphatic hydroxyl groups excluding tert-OH is 1. The number of rotatable bonds is 3. The van der Waals surface area contributed by atoms with Gasteiger partial charge in [-0.3, -0.25) is 10.1 Å². The van der Waals surface area contributed by atoms with E-state index in [1.165, 1.54) is 6.26 Å². The van der Waals surface area contributed by atoms with Crippen LogP contribution < -0.4 is 0 Å². The van der Waals surface area contributed by atoms with Crippen molar-refractivity contribution < 1.29 is 19.2 Å². The van der Waals surface area contributed by atoms with Gasteiger partial charge in [-0.15, -0.1) is 0 Å². The zero-order chi connectivity index (χ0) is 12.4. The van der Waals surface area contributed by atoms with Gasteiger partial charge in [-0.1, -0.05) is 0 Å². The van der Waals surface area contributed by atoms with E-state index in [9.17, 15) is 20.0 Å². The summed E-state index contributed by atoms with van der Waals surface area (Å²) in [5.41, 5.74) is 0. The molecular formula is C11H13NO5. The van der Waals surface area contributed by atoms with Crippen LogP contribution in [0.15, 0.2) is 22.8 Å². The van der Waals surface area contributed by atoms with Gasteiger partial charge in [-0.05, 0) is 25.0 Å². The Balaban J connectivity index is 2.37. The maximum atomic E-state index is 11.0. The molecule has 1 heterocycles. The number of nitrogens with zero attached hydrogens (tertiary/aromatic N) is 1. The summed E-state index contributed by atoms with van der Waals surface area (Å²) >= 11 is 0. The van der Waals surface area contributed by atoms with Crippen molar-refractivity contribution in [2.45, 2.75) is 30.9 Å². The van der Waals surface area contributed by atoms with Crippen LogP contribution in [0, 0.1) is 16.0 Å². The van der Waals surface area contributed by atoms with Crippen LogP contribution in [0.25, 0.3) is 0 Å². The second-order valence-electron chi connectivity index (χ2n) is 4.26. The van der Waals surface area contributed by atoms with Gasteiger partial charge in [0.1, 0.15) is 18.2 Å². The average molecular weight is 239 g/mol. The molecule has 1 aromatic heterocycles. The van der Waals surface area contributed by atoms with E-state index < -0.39 is 28.9 Å². The molecule has 6 heteroatoms. The average Bonchev–Trinajstić information content (AvgIpc) is 2.81. The fourth-order valence-electron chi connectivity index (χ4n) is 2.49. The molecule has 0 aromatic carbocycles. The number of hydrogen-bond acceptors (Lipinski definition) is 5. The summed E-state index contributed by atoms with van der Waals surface area (Å²) in [6, 6.07) is 2.05. The summed E-state index contributed by atoms with van der Waals surface area (Å²) < 4.78 is 5.16. The predicted octanol–water partition coefficient (Wildman–Crippen LogP) is 0.978. The highest BCUT2D eigenvalue weighted by Crippen LogP contribution is 2.38. The predicted molar refractivity (Wildman–Crippen MR) is 57.0 cm³/mol. The number of aldehydes is 1. The lowest BCUT2D eigenvalue weighted by atomic mass is 9.74. The van der Waals surface area contributed by atoms with E-state index in [-0.39, 0.29) is 6.42 Å². The van der Waals surface area contributed by atoms with Crippen LogP contribution in [-0.2, 0) is 4.79 Å². The van der Waals surface area contributed by atoms with Gasteiger partial charge in [0.25, 0.3) is 0 Å². The molecule has 0 radical (unpaired) electrons. The Kier molecular flexibility index (Phi) is 3.23. The second-order valence-corrected chi connectivity index (χ2v) is 4.26. The maximum Gasteiger partial charge on any atom is 0.249 e. The minimum Gasteiger partial charge on any atom is -0.469 e. The number of furan rings is 1. The molecule has 0 spiro atoms. The molecule has 0 amide bonds. The van der Waals surface area contributed by atoms with Crippen LogP contribution in [0.3, 0.4) is 0 Å². The fourth-order valence-corrected chi connectivity index (χ4v) is 2.49. The van der Waals surface area contributed by atoms with Crippen LogP contribution in [0.4, 0.5) is 0 Å². The third-order valence-electron chi connectivity index (χ3n) is 3.31. The van der Waals surface area contributed by atoms with Gasteiger partial charge in [-0.25, -0.2) is 0 Å². The number of carbonyl (C=O) groups is 1. The van der Waals surface area contributed by atoms with Crippen LogP contribution in [-0.4, -0.2) is 28.5 Å². The van der Waals surface area contributed by atoms with E-state index in [1.807, 2.05) is 0 Å². The summed E-state index contributed by atoms with van der Waals surface area (Å²) in [7, 11) is 0. The molecule has 1 N–H and O–H groups in total. The molecule has 1 saturated carbocycles. The van der Waals surface area contributed by atoms with Crippen molar-refractivity contribution in [2.75, 3.05) is 0 Å². The van der Waals surface area contributed by atoms with Crippen LogP contribution >= 0.6 is 0 Å². The van der Waals surface area contributed by atoms with Crippen LogP contribution in [0.2, 0.25) is 0 Å². The lowest BCUT2D eigenvalue weighted by Crippen LogP contribution is -2.46. The minimum atomic E-state index is -1.18. The summed E-state index contributed by atoms with van der Waals surface area (Å²) in [6.07, 6.45) is 1.81. The number of hydrogen-bond donors (Lipinski definition) is 1. The molecule has 2 rings (SSSR count). The summed E-state index contributed by atoms with van der Waals surface area (Å²) in [4.78, 5) is 21.5. The maximum absolute atomic E-state index is 11.0. The normalized spacial score (nSPS) is 33.2. The molecule has 1 aromatic rings. The summed E-state index contributed by atoms with van der Waals surface area (Å²) in [6.45, 7) is 0. The smallest absolute Gasteiger partial charge is 0.249 e. The zero-order valence-electron chi connectivity index (χ0n) is 9.06. The second kappa shape index (κ2) is 4.67. The highest BCUT2D eigenvalue weighted by molar-refractivity contribution is 5.56. The Morgan fingerprint density at radius 2 is 2.29 bits per heavy atom. The Morgan fingerprint density at radius 3 is 2.82 bits per heavy atom. The minimum absolute atomic E-state index is 0.270. The van der Waals surface area contributed by atoms with Crippen molar-refractivity contribution in [2.24, 2.45) is 5.92 Å². The van der Waals surface area contributed by atoms with E-state index in [4.69, 9.17) is 4.42 Å². The van der Waals surface area contributed by atoms with E-state index in [0.717, 1.165) is 6.29 Å². The van der Waals surface area contributed by atoms with Crippen molar-refractivity contribution in [3.05, 3.63) is 34.3 Å². The van der Waals surface area contributed by atoms with Gasteiger partial charge in [-0.2, -0.15) is 0 Å². The monoisotopic (exact) mass is 239 g/mol. The van der Waals surface area contributed by atoms with Crippen molar-refractivity contribution in [1.82, 2.24) is 0 Å². The Bertz CT molecular complexity index is 402. The SMILES string of the molecule is O=C[C@@H]1CC[C@@H](O)[C@@H]([N+](=O)[O-])[C@@H]1c1ccco1. The molecule has 92 valence electrons. The van der Waals surface area contributed by atoms with Crippen LogP contribution in [0.5, 0.6) is 0 Å². The Labute approximate surface area is 97.4 Å². The highest BCUT2D eigenvalue weighted by Gasteiger charge is 2.48. The van der Waals surface area contributed by atoms with Gasteiger partial charge < -0.3 is 14.3 Å². The first-order valence-electron chi connectivity index (χ1n) is 5.45. The molecule has 0 aliphatic heterocycles. The molecule has 1 aliphatic carbocycles. The van der Waals surface area contributed by atoms with Crippen molar-refractivity contribution in [3.8, 4) is 0 Å². The molecular weight excluding hydrogens is 226 g/mol. The number of carbonyl (C=O) groups excluding carboxylic acids is 1. The van der Waals surface area contributed by atoms with Gasteiger partial charge in [0.2, 0.25) is 6.04 Å². The van der Waals surface area contributed by atoms with Crippen molar-refractivity contribution in [3.63, 3.8) is 0 Å². The molecule has 1 fully saturated rings. The van der Waals surface area contributed by atoms with E-state index in [1.54, 1.807) is 12.1 Å². The third-order valence-corrected chi connectivity index (χ3v) is 3.31. The third kappa shape index (κ3) is 2.08. The molecule has 1 aliphatic rings. The molecule has 0 bridgehead atoms. The van der Waals surface area contributed by atoms with Crippen molar-refractivity contribution >= 4 is 6.29 Å². The summed E-state index contributed by atoms with van der Waals surface area (Å²) in [5.74, 6) is -0.760.